The van der Waals surface area contributed by atoms with Crippen LogP contribution in [0.5, 0.6) is 0 Å². The van der Waals surface area contributed by atoms with Gasteiger partial charge in [-0.1, -0.05) is 45.9 Å². The van der Waals surface area contributed by atoms with Crippen molar-refractivity contribution in [1.82, 2.24) is 0 Å². The Morgan fingerprint density at radius 3 is 1.74 bits per heavy atom. The molecule has 202 valence electrons. The molecule has 0 radical (unpaired) electrons. The van der Waals surface area contributed by atoms with Crippen LogP contribution >= 0.6 is 0 Å². The Kier molecular flexibility index (Phi) is 28.1. The SMILES string of the molecule is C=CCCC(=O)C(CC)CCC=C.C=CCN.CC.CCC(C(=O)OS(=O)(=O)OC)S(=O)(=O)O. The number of allylic oxidation sites excluding steroid dienone is 2. The molecule has 0 aliphatic carbocycles. The summed E-state index contributed by atoms with van der Waals surface area (Å²) in [6.07, 6.45) is 9.32. The smallest absolute Gasteiger partial charge is 0.327 e. The molecular weight excluding hydrogens is 486 g/mol. The Labute approximate surface area is 206 Å². The molecule has 0 saturated carbocycles. The highest BCUT2D eigenvalue weighted by Gasteiger charge is 2.34. The summed E-state index contributed by atoms with van der Waals surface area (Å²) in [5, 5.41) is -1.94. The molecule has 0 spiro atoms. The first-order chi connectivity index (χ1) is 15.8. The normalized spacial score (nSPS) is 12.0. The van der Waals surface area contributed by atoms with Gasteiger partial charge in [-0.05, 0) is 32.1 Å². The molecule has 0 aliphatic heterocycles. The number of Topliss-reactive ketones (excluding diaryl/α,β-unsaturated/α-hetero) is 1. The molecule has 0 amide bonds. The molecule has 0 rings (SSSR count). The fraction of sp³-hybridized carbons (Fsp3) is 0.636. The molecule has 0 aromatic carbocycles. The largest absolute Gasteiger partial charge is 0.451 e. The van der Waals surface area contributed by atoms with Crippen molar-refractivity contribution in [3.05, 3.63) is 38.0 Å². The van der Waals surface area contributed by atoms with E-state index in [0.717, 1.165) is 32.8 Å². The van der Waals surface area contributed by atoms with E-state index in [1.54, 1.807) is 12.2 Å². The van der Waals surface area contributed by atoms with E-state index in [4.69, 9.17) is 10.3 Å². The van der Waals surface area contributed by atoms with Gasteiger partial charge in [0.2, 0.25) is 0 Å². The van der Waals surface area contributed by atoms with E-state index in [9.17, 15) is 26.4 Å². The molecule has 34 heavy (non-hydrogen) atoms. The molecular formula is C22H43NO9S2. The summed E-state index contributed by atoms with van der Waals surface area (Å²) in [5.74, 6) is -0.996. The highest BCUT2D eigenvalue weighted by molar-refractivity contribution is 7.87. The third-order valence-corrected chi connectivity index (χ3v) is 5.83. The molecule has 2 unspecified atom stereocenters. The van der Waals surface area contributed by atoms with E-state index in [2.05, 4.69) is 35.0 Å². The molecule has 0 saturated heterocycles. The fourth-order valence-corrected chi connectivity index (χ4v) is 3.21. The molecule has 0 aromatic rings. The lowest BCUT2D eigenvalue weighted by atomic mass is 9.93. The van der Waals surface area contributed by atoms with Crippen molar-refractivity contribution in [1.29, 1.82) is 0 Å². The molecule has 10 nitrogen and oxygen atoms in total. The number of carbonyl (C=O) groups is 2. The zero-order valence-electron chi connectivity index (χ0n) is 21.1. The highest BCUT2D eigenvalue weighted by Crippen LogP contribution is 2.15. The molecule has 0 heterocycles. The van der Waals surface area contributed by atoms with Gasteiger partial charge in [0.1, 0.15) is 5.78 Å². The standard InChI is InChI=1S/C12H20O.C5H10O8S2.C3H7N.C2H6/c1-4-7-9-11(6-3)12(13)10-8-5-2;1-3-4(14(7,8)9)5(6)13-15(10,11)12-2;1-2-3-4;1-2/h4-5,11H,1-2,6-10H2,3H3;4H,3H2,1-2H3,(H,7,8,9);2H,1,3-4H2;1-2H3. The van der Waals surface area contributed by atoms with Crippen LogP contribution in [0.15, 0.2) is 38.0 Å². The minimum Gasteiger partial charge on any atom is -0.327 e. The van der Waals surface area contributed by atoms with Gasteiger partial charge in [0.15, 0.2) is 5.25 Å². The monoisotopic (exact) mass is 529 g/mol. The van der Waals surface area contributed by atoms with Crippen molar-refractivity contribution in [2.45, 2.75) is 71.5 Å². The second-order valence-corrected chi connectivity index (χ2v) is 9.09. The Hall–Kier alpha value is -1.86. The van der Waals surface area contributed by atoms with Crippen molar-refractivity contribution in [2.75, 3.05) is 13.7 Å². The second-order valence-electron chi connectivity index (χ2n) is 6.18. The molecule has 0 bridgehead atoms. The Bertz CT molecular complexity index is 776. The van der Waals surface area contributed by atoms with E-state index in [-0.39, 0.29) is 12.3 Å². The number of hydrogen-bond donors (Lipinski definition) is 2. The van der Waals surface area contributed by atoms with Gasteiger partial charge < -0.3 is 9.92 Å². The van der Waals surface area contributed by atoms with Crippen molar-refractivity contribution in [3.8, 4) is 0 Å². The van der Waals surface area contributed by atoms with E-state index in [0.29, 0.717) is 18.7 Å². The van der Waals surface area contributed by atoms with E-state index < -0.39 is 31.7 Å². The van der Waals surface area contributed by atoms with Crippen LogP contribution in [0, 0.1) is 5.92 Å². The summed E-state index contributed by atoms with van der Waals surface area (Å²) in [5.41, 5.74) is 4.91. The summed E-state index contributed by atoms with van der Waals surface area (Å²) >= 11 is 0. The van der Waals surface area contributed by atoms with E-state index >= 15 is 0 Å². The summed E-state index contributed by atoms with van der Waals surface area (Å²) in [6, 6.07) is 0. The van der Waals surface area contributed by atoms with Crippen LogP contribution in [0.4, 0.5) is 0 Å². The number of carbonyl (C=O) groups excluding carboxylic acids is 2. The van der Waals surface area contributed by atoms with Gasteiger partial charge >= 0.3 is 16.4 Å². The number of nitrogens with two attached hydrogens (primary N) is 1. The van der Waals surface area contributed by atoms with Crippen LogP contribution in [0.25, 0.3) is 0 Å². The van der Waals surface area contributed by atoms with Gasteiger partial charge in [0, 0.05) is 18.9 Å². The van der Waals surface area contributed by atoms with Crippen molar-refractivity contribution >= 4 is 32.3 Å². The predicted molar refractivity (Wildman–Crippen MR) is 136 cm³/mol. The first-order valence-electron chi connectivity index (χ1n) is 10.9. The predicted octanol–water partition coefficient (Wildman–Crippen LogP) is 3.76. The van der Waals surface area contributed by atoms with Crippen molar-refractivity contribution in [3.63, 3.8) is 0 Å². The quantitative estimate of drug-likeness (QED) is 0.250. The third kappa shape index (κ3) is 23.3. The zero-order chi connectivity index (χ0) is 27.8. The van der Waals surface area contributed by atoms with Crippen molar-refractivity contribution < 1.29 is 39.3 Å². The van der Waals surface area contributed by atoms with Gasteiger partial charge in [-0.3, -0.25) is 9.35 Å². The van der Waals surface area contributed by atoms with Crippen LogP contribution in [0.2, 0.25) is 0 Å². The maximum atomic E-state index is 11.6. The minimum atomic E-state index is -4.69. The lowest BCUT2D eigenvalue weighted by Gasteiger charge is -2.11. The molecule has 2 atom stereocenters. The molecule has 0 aromatic heterocycles. The summed E-state index contributed by atoms with van der Waals surface area (Å²) < 4.78 is 58.5. The van der Waals surface area contributed by atoms with Crippen LogP contribution in [0.1, 0.15) is 66.2 Å². The molecule has 3 N–H and O–H groups in total. The van der Waals surface area contributed by atoms with Crippen LogP contribution in [-0.2, 0) is 38.5 Å². The average molecular weight is 530 g/mol. The lowest BCUT2D eigenvalue weighted by molar-refractivity contribution is -0.134. The van der Waals surface area contributed by atoms with Gasteiger partial charge in [0.05, 0.1) is 7.11 Å². The minimum absolute atomic E-state index is 0.234. The molecule has 12 heteroatoms. The molecule has 0 fully saturated rings. The zero-order valence-corrected chi connectivity index (χ0v) is 22.7. The first-order valence-corrected chi connectivity index (χ1v) is 13.7. The maximum Gasteiger partial charge on any atom is 0.451 e. The topological polar surface area (TPSA) is 167 Å². The van der Waals surface area contributed by atoms with Crippen molar-refractivity contribution in [2.24, 2.45) is 11.7 Å². The van der Waals surface area contributed by atoms with E-state index in [1.165, 1.54) is 6.92 Å². The third-order valence-electron chi connectivity index (χ3n) is 3.81. The number of rotatable bonds is 14. The van der Waals surface area contributed by atoms with Crippen LogP contribution in [-0.4, -0.2) is 52.0 Å². The van der Waals surface area contributed by atoms with Crippen LogP contribution < -0.4 is 5.73 Å². The highest BCUT2D eigenvalue weighted by atomic mass is 32.3. The average Bonchev–Trinajstić information content (AvgIpc) is 2.79. The summed E-state index contributed by atoms with van der Waals surface area (Å²) in [4.78, 5) is 22.5. The van der Waals surface area contributed by atoms with Crippen LogP contribution in [0.3, 0.4) is 0 Å². The van der Waals surface area contributed by atoms with E-state index in [1.807, 2.05) is 19.9 Å². The Morgan fingerprint density at radius 1 is 0.971 bits per heavy atom. The maximum absolute atomic E-state index is 11.6. The Morgan fingerprint density at radius 2 is 1.44 bits per heavy atom. The summed E-state index contributed by atoms with van der Waals surface area (Å²) in [6.45, 7) is 18.5. The van der Waals surface area contributed by atoms with Gasteiger partial charge in [-0.25, -0.2) is 8.98 Å². The number of ketones is 1. The lowest BCUT2D eigenvalue weighted by Crippen LogP contribution is -2.32. The molecule has 0 aliphatic rings. The van der Waals surface area contributed by atoms with Gasteiger partial charge in [-0.2, -0.15) is 16.8 Å². The summed E-state index contributed by atoms with van der Waals surface area (Å²) in [7, 11) is -8.52. The first kappa shape index (κ1) is 39.4. The Balaban J connectivity index is -0.000000216. The van der Waals surface area contributed by atoms with Gasteiger partial charge in [-0.15, -0.1) is 19.7 Å². The number of hydrogen-bond acceptors (Lipinski definition) is 9. The second kappa shape index (κ2) is 24.3. The fourth-order valence-electron chi connectivity index (χ4n) is 2.05. The van der Waals surface area contributed by atoms with Gasteiger partial charge in [0.25, 0.3) is 10.1 Å².